The lowest BCUT2D eigenvalue weighted by molar-refractivity contribution is 0.582. The first-order valence-electron chi connectivity index (χ1n) is 10.1. The van der Waals surface area contributed by atoms with Crippen LogP contribution in [0, 0.1) is 5.92 Å². The number of fused-ring (bicyclic) bond motifs is 3. The van der Waals surface area contributed by atoms with Gasteiger partial charge in [-0.05, 0) is 22.9 Å². The minimum Gasteiger partial charge on any atom is -0.217 e. The van der Waals surface area contributed by atoms with E-state index in [1.54, 1.807) is 0 Å². The van der Waals surface area contributed by atoms with E-state index in [2.05, 4.69) is 69.3 Å². The Hall–Kier alpha value is -2.85. The van der Waals surface area contributed by atoms with Crippen LogP contribution >= 0.6 is 11.3 Å². The zero-order valence-corrected chi connectivity index (χ0v) is 17.6. The monoisotopic (exact) mass is 397 g/mol. The maximum Gasteiger partial charge on any atom is 0.163 e. The third-order valence-electron chi connectivity index (χ3n) is 5.53. The number of rotatable bonds is 3. The Morgan fingerprint density at radius 2 is 1.66 bits per heavy atom. The first kappa shape index (κ1) is 18.2. The molecule has 0 saturated carbocycles. The maximum atomic E-state index is 4.98. The second-order valence-electron chi connectivity index (χ2n) is 7.97. The van der Waals surface area contributed by atoms with Crippen LogP contribution < -0.4 is 0 Å². The Morgan fingerprint density at radius 3 is 2.45 bits per heavy atom. The topological polar surface area (TPSA) is 38.7 Å². The van der Waals surface area contributed by atoms with Crippen molar-refractivity contribution < 1.29 is 0 Å². The van der Waals surface area contributed by atoms with Gasteiger partial charge in [0.25, 0.3) is 0 Å². The van der Waals surface area contributed by atoms with E-state index in [1.807, 2.05) is 29.5 Å². The standard InChI is InChI=1S/C25H23N3S/c1-15(2)23-26-24(17-9-5-4-6-10-17)28-25(27-23)21-16(3)13-14-19-18-11-7-8-12-20(18)29-22(19)21/h4-16,21H,1-3H3. The van der Waals surface area contributed by atoms with Gasteiger partial charge in [-0.2, -0.15) is 0 Å². The molecule has 1 aliphatic rings. The van der Waals surface area contributed by atoms with E-state index >= 15 is 0 Å². The summed E-state index contributed by atoms with van der Waals surface area (Å²) in [6.45, 7) is 6.54. The number of allylic oxidation sites excluding steroid dienone is 1. The molecule has 29 heavy (non-hydrogen) atoms. The molecule has 2 atom stereocenters. The number of aromatic nitrogens is 3. The highest BCUT2D eigenvalue weighted by atomic mass is 32.1. The fourth-order valence-electron chi connectivity index (χ4n) is 3.96. The zero-order valence-electron chi connectivity index (χ0n) is 16.8. The smallest absolute Gasteiger partial charge is 0.163 e. The summed E-state index contributed by atoms with van der Waals surface area (Å²) in [6, 6.07) is 18.9. The molecule has 2 unspecified atom stereocenters. The average Bonchev–Trinajstić information content (AvgIpc) is 3.12. The van der Waals surface area contributed by atoms with Crippen molar-refractivity contribution in [3.63, 3.8) is 0 Å². The molecule has 0 spiro atoms. The molecule has 0 bridgehead atoms. The van der Waals surface area contributed by atoms with Gasteiger partial charge in [0, 0.05) is 21.1 Å². The molecule has 1 aliphatic carbocycles. The summed E-state index contributed by atoms with van der Waals surface area (Å²) >= 11 is 1.87. The van der Waals surface area contributed by atoms with E-state index in [0.717, 1.165) is 23.0 Å². The summed E-state index contributed by atoms with van der Waals surface area (Å²) in [5, 5.41) is 1.32. The van der Waals surface area contributed by atoms with E-state index in [-0.39, 0.29) is 11.8 Å². The van der Waals surface area contributed by atoms with Crippen molar-refractivity contribution >= 4 is 27.5 Å². The molecule has 5 rings (SSSR count). The van der Waals surface area contributed by atoms with Crippen molar-refractivity contribution in [3.05, 3.63) is 82.8 Å². The van der Waals surface area contributed by atoms with Crippen molar-refractivity contribution in [2.45, 2.75) is 32.6 Å². The molecule has 2 aromatic carbocycles. The number of hydrogen-bond donors (Lipinski definition) is 0. The molecule has 0 saturated heterocycles. The molecule has 0 amide bonds. The predicted octanol–water partition coefficient (Wildman–Crippen LogP) is 6.67. The van der Waals surface area contributed by atoms with Crippen LogP contribution in [0.2, 0.25) is 0 Å². The van der Waals surface area contributed by atoms with Gasteiger partial charge in [0.2, 0.25) is 0 Å². The summed E-state index contributed by atoms with van der Waals surface area (Å²) in [5.41, 5.74) is 2.36. The third kappa shape index (κ3) is 3.18. The van der Waals surface area contributed by atoms with Crippen molar-refractivity contribution in [3.8, 4) is 11.4 Å². The van der Waals surface area contributed by atoms with Gasteiger partial charge in [0.1, 0.15) is 11.6 Å². The van der Waals surface area contributed by atoms with Gasteiger partial charge in [-0.15, -0.1) is 11.3 Å². The molecular weight excluding hydrogens is 374 g/mol. The molecule has 0 aliphatic heterocycles. The maximum absolute atomic E-state index is 4.98. The van der Waals surface area contributed by atoms with Gasteiger partial charge >= 0.3 is 0 Å². The Labute approximate surface area is 175 Å². The summed E-state index contributed by atoms with van der Waals surface area (Å²) in [6.07, 6.45) is 4.57. The molecule has 0 fully saturated rings. The normalized spacial score (nSPS) is 18.3. The van der Waals surface area contributed by atoms with Crippen LogP contribution in [0.1, 0.15) is 54.7 Å². The van der Waals surface area contributed by atoms with Crippen LogP contribution in [0.25, 0.3) is 27.6 Å². The van der Waals surface area contributed by atoms with Crippen LogP contribution in [0.5, 0.6) is 0 Å². The molecule has 3 nitrogen and oxygen atoms in total. The fraction of sp³-hybridized carbons (Fsp3) is 0.240. The van der Waals surface area contributed by atoms with Crippen LogP contribution in [-0.2, 0) is 0 Å². The summed E-state index contributed by atoms with van der Waals surface area (Å²) in [4.78, 5) is 16.1. The van der Waals surface area contributed by atoms with Gasteiger partial charge in [-0.1, -0.05) is 81.5 Å². The van der Waals surface area contributed by atoms with E-state index in [1.165, 1.54) is 20.5 Å². The van der Waals surface area contributed by atoms with Crippen LogP contribution in [0.3, 0.4) is 0 Å². The highest BCUT2D eigenvalue weighted by molar-refractivity contribution is 7.19. The molecule has 4 heteroatoms. The highest BCUT2D eigenvalue weighted by Gasteiger charge is 2.31. The largest absolute Gasteiger partial charge is 0.217 e. The molecule has 2 heterocycles. The Balaban J connectivity index is 1.71. The van der Waals surface area contributed by atoms with E-state index in [4.69, 9.17) is 15.0 Å². The lowest BCUT2D eigenvalue weighted by atomic mass is 9.84. The molecular formula is C25H23N3S. The fourth-order valence-corrected chi connectivity index (χ4v) is 5.37. The van der Waals surface area contributed by atoms with Crippen molar-refractivity contribution in [2.24, 2.45) is 5.92 Å². The molecule has 2 aromatic heterocycles. The lowest BCUT2D eigenvalue weighted by Crippen LogP contribution is -2.18. The third-order valence-corrected chi connectivity index (χ3v) is 6.80. The first-order valence-corrected chi connectivity index (χ1v) is 10.9. The Kier molecular flexibility index (Phi) is 4.51. The average molecular weight is 398 g/mol. The number of hydrogen-bond acceptors (Lipinski definition) is 4. The second kappa shape index (κ2) is 7.20. The van der Waals surface area contributed by atoms with Gasteiger partial charge in [-0.25, -0.2) is 15.0 Å². The van der Waals surface area contributed by atoms with E-state index in [0.29, 0.717) is 5.92 Å². The first-order chi connectivity index (χ1) is 14.1. The zero-order chi connectivity index (χ0) is 20.0. The Morgan fingerprint density at radius 1 is 0.897 bits per heavy atom. The molecule has 4 aromatic rings. The van der Waals surface area contributed by atoms with Crippen LogP contribution in [0.15, 0.2) is 60.7 Å². The van der Waals surface area contributed by atoms with Crippen molar-refractivity contribution in [1.82, 2.24) is 15.0 Å². The summed E-state index contributed by atoms with van der Waals surface area (Å²) in [7, 11) is 0. The molecule has 144 valence electrons. The molecule has 0 N–H and O–H groups in total. The van der Waals surface area contributed by atoms with Crippen LogP contribution in [0.4, 0.5) is 0 Å². The van der Waals surface area contributed by atoms with Crippen molar-refractivity contribution in [2.75, 3.05) is 0 Å². The van der Waals surface area contributed by atoms with Gasteiger partial charge in [-0.3, -0.25) is 0 Å². The second-order valence-corrected chi connectivity index (χ2v) is 9.05. The Bertz CT molecular complexity index is 1210. The highest BCUT2D eigenvalue weighted by Crippen LogP contribution is 2.45. The van der Waals surface area contributed by atoms with Gasteiger partial charge in [0.15, 0.2) is 5.82 Å². The number of thiophene rings is 1. The number of nitrogens with zero attached hydrogens (tertiary/aromatic N) is 3. The van der Waals surface area contributed by atoms with E-state index < -0.39 is 0 Å². The van der Waals surface area contributed by atoms with Gasteiger partial charge < -0.3 is 0 Å². The van der Waals surface area contributed by atoms with E-state index in [9.17, 15) is 0 Å². The van der Waals surface area contributed by atoms with Crippen LogP contribution in [-0.4, -0.2) is 15.0 Å². The minimum absolute atomic E-state index is 0.148. The summed E-state index contributed by atoms with van der Waals surface area (Å²) in [5.74, 6) is 3.24. The van der Waals surface area contributed by atoms with Crippen molar-refractivity contribution in [1.29, 1.82) is 0 Å². The predicted molar refractivity (Wildman–Crippen MR) is 121 cm³/mol. The lowest BCUT2D eigenvalue weighted by Gasteiger charge is -2.24. The molecule has 0 radical (unpaired) electrons. The summed E-state index contributed by atoms with van der Waals surface area (Å²) < 4.78 is 1.32. The van der Waals surface area contributed by atoms with Gasteiger partial charge in [0.05, 0.1) is 5.92 Å². The SMILES string of the molecule is CC(C)c1nc(-c2ccccc2)nc(C2c3sc4ccccc4c3C=CC2C)n1. The minimum atomic E-state index is 0.148. The quantitative estimate of drug-likeness (QED) is 0.387. The number of benzene rings is 2.